The Balaban J connectivity index is 1.97. The second-order valence-electron chi connectivity index (χ2n) is 4.62. The molecule has 0 unspecified atom stereocenters. The first-order valence-electron chi connectivity index (χ1n) is 6.07. The smallest absolute Gasteiger partial charge is 0.204 e. The number of ketones is 1. The van der Waals surface area contributed by atoms with Gasteiger partial charge in [-0.1, -0.05) is 0 Å². The molecule has 0 spiro atoms. The quantitative estimate of drug-likeness (QED) is 0.703. The van der Waals surface area contributed by atoms with Crippen LogP contribution in [0.25, 0.3) is 0 Å². The molecule has 0 aromatic carbocycles. The summed E-state index contributed by atoms with van der Waals surface area (Å²) < 4.78 is 1.03. The van der Waals surface area contributed by atoms with Crippen LogP contribution in [0.3, 0.4) is 0 Å². The van der Waals surface area contributed by atoms with Crippen LogP contribution in [0.15, 0.2) is 15.9 Å². The number of hydrogen-bond acceptors (Lipinski definition) is 3. The van der Waals surface area contributed by atoms with Crippen LogP contribution in [-0.2, 0) is 12.8 Å². The molecule has 2 heterocycles. The lowest BCUT2D eigenvalue weighted by molar-refractivity contribution is 0.104. The summed E-state index contributed by atoms with van der Waals surface area (Å²) in [5.41, 5.74) is 2.26. The van der Waals surface area contributed by atoms with E-state index in [1.165, 1.54) is 23.3 Å². The zero-order valence-electron chi connectivity index (χ0n) is 10.1. The Hall–Kier alpha value is -0.450. The van der Waals surface area contributed by atoms with E-state index in [-0.39, 0.29) is 5.78 Å². The van der Waals surface area contributed by atoms with E-state index in [1.807, 2.05) is 13.0 Å². The zero-order chi connectivity index (χ0) is 12.7. The first-order chi connectivity index (χ1) is 8.65. The summed E-state index contributed by atoms with van der Waals surface area (Å²) in [6, 6.07) is 4.06. The van der Waals surface area contributed by atoms with Gasteiger partial charge in [-0.2, -0.15) is 0 Å². The van der Waals surface area contributed by atoms with Gasteiger partial charge in [0.2, 0.25) is 5.78 Å². The molecule has 1 aliphatic carbocycles. The molecule has 0 radical (unpaired) electrons. The van der Waals surface area contributed by atoms with Gasteiger partial charge in [-0.25, -0.2) is 0 Å². The minimum Gasteiger partial charge on any atom is -0.288 e. The Labute approximate surface area is 123 Å². The Morgan fingerprint density at radius 2 is 2.00 bits per heavy atom. The van der Waals surface area contributed by atoms with E-state index in [4.69, 9.17) is 0 Å². The fraction of sp³-hybridized carbons (Fsp3) is 0.357. The van der Waals surface area contributed by atoms with Gasteiger partial charge >= 0.3 is 0 Å². The highest BCUT2D eigenvalue weighted by Gasteiger charge is 2.20. The van der Waals surface area contributed by atoms with Crippen LogP contribution in [0, 0.1) is 6.92 Å². The van der Waals surface area contributed by atoms with Crippen molar-refractivity contribution >= 4 is 44.4 Å². The highest BCUT2D eigenvalue weighted by Crippen LogP contribution is 2.33. The van der Waals surface area contributed by atoms with Gasteiger partial charge in [-0.05, 0) is 66.2 Å². The third-order valence-corrected chi connectivity index (χ3v) is 6.14. The highest BCUT2D eigenvalue weighted by molar-refractivity contribution is 9.11. The molecule has 2 aromatic rings. The number of halogens is 1. The van der Waals surface area contributed by atoms with Crippen molar-refractivity contribution in [3.63, 3.8) is 0 Å². The van der Waals surface area contributed by atoms with Gasteiger partial charge in [0, 0.05) is 15.3 Å². The largest absolute Gasteiger partial charge is 0.288 e. The first-order valence-corrected chi connectivity index (χ1v) is 8.50. The minimum absolute atomic E-state index is 0.189. The number of aryl methyl sites for hydroxylation is 3. The highest BCUT2D eigenvalue weighted by atomic mass is 79.9. The van der Waals surface area contributed by atoms with Gasteiger partial charge in [0.15, 0.2) is 0 Å². The van der Waals surface area contributed by atoms with Crippen LogP contribution in [0.2, 0.25) is 0 Å². The van der Waals surface area contributed by atoms with E-state index in [0.29, 0.717) is 0 Å². The van der Waals surface area contributed by atoms with Crippen molar-refractivity contribution in [3.05, 3.63) is 41.7 Å². The van der Waals surface area contributed by atoms with Gasteiger partial charge in [0.1, 0.15) is 0 Å². The first kappa shape index (κ1) is 12.6. The molecule has 18 heavy (non-hydrogen) atoms. The van der Waals surface area contributed by atoms with Crippen LogP contribution in [-0.4, -0.2) is 5.78 Å². The van der Waals surface area contributed by atoms with Crippen molar-refractivity contribution < 1.29 is 4.79 Å². The summed E-state index contributed by atoms with van der Waals surface area (Å²) >= 11 is 6.77. The molecule has 1 aliphatic rings. The maximum atomic E-state index is 12.5. The molecule has 1 nitrogen and oxygen atoms in total. The van der Waals surface area contributed by atoms with Crippen molar-refractivity contribution in [2.45, 2.75) is 32.6 Å². The van der Waals surface area contributed by atoms with Gasteiger partial charge in [-0.15, -0.1) is 22.7 Å². The summed E-state index contributed by atoms with van der Waals surface area (Å²) in [5, 5.41) is 0. The molecule has 0 aliphatic heterocycles. The van der Waals surface area contributed by atoms with Crippen molar-refractivity contribution in [1.82, 2.24) is 0 Å². The number of hydrogen-bond donors (Lipinski definition) is 0. The van der Waals surface area contributed by atoms with Gasteiger partial charge < -0.3 is 0 Å². The fourth-order valence-corrected chi connectivity index (χ4v) is 5.30. The molecule has 0 saturated heterocycles. The Bertz CT molecular complexity index is 586. The summed E-state index contributed by atoms with van der Waals surface area (Å²) in [4.78, 5) is 15.9. The van der Waals surface area contributed by atoms with Crippen LogP contribution in [0.1, 0.15) is 43.4 Å². The van der Waals surface area contributed by atoms with E-state index in [0.717, 1.165) is 31.9 Å². The summed E-state index contributed by atoms with van der Waals surface area (Å²) in [5.74, 6) is 0.189. The van der Waals surface area contributed by atoms with Gasteiger partial charge in [0.25, 0.3) is 0 Å². The second-order valence-corrected chi connectivity index (χ2v) is 8.39. The number of carbonyl (C=O) groups is 1. The molecule has 3 rings (SSSR count). The zero-order valence-corrected chi connectivity index (χ0v) is 13.3. The third-order valence-electron chi connectivity index (χ3n) is 3.35. The maximum Gasteiger partial charge on any atom is 0.204 e. The van der Waals surface area contributed by atoms with Crippen LogP contribution in [0.5, 0.6) is 0 Å². The molecule has 0 saturated carbocycles. The van der Waals surface area contributed by atoms with E-state index in [9.17, 15) is 4.79 Å². The second kappa shape index (κ2) is 4.91. The Morgan fingerprint density at radius 1 is 1.22 bits per heavy atom. The lowest BCUT2D eigenvalue weighted by atomic mass is 9.98. The maximum absolute atomic E-state index is 12.5. The summed E-state index contributed by atoms with van der Waals surface area (Å²) in [6.45, 7) is 2.01. The molecule has 0 fully saturated rings. The average molecular weight is 341 g/mol. The summed E-state index contributed by atoms with van der Waals surface area (Å²) in [7, 11) is 0. The van der Waals surface area contributed by atoms with Crippen LogP contribution >= 0.6 is 38.6 Å². The third kappa shape index (κ3) is 2.22. The van der Waals surface area contributed by atoms with Crippen molar-refractivity contribution in [3.8, 4) is 0 Å². The Kier molecular flexibility index (Phi) is 3.43. The van der Waals surface area contributed by atoms with E-state index in [1.54, 1.807) is 22.7 Å². The molecule has 2 aromatic heterocycles. The lowest BCUT2D eigenvalue weighted by Gasteiger charge is -2.08. The van der Waals surface area contributed by atoms with Crippen molar-refractivity contribution in [2.75, 3.05) is 0 Å². The van der Waals surface area contributed by atoms with Gasteiger partial charge in [-0.3, -0.25) is 4.79 Å². The van der Waals surface area contributed by atoms with E-state index < -0.39 is 0 Å². The van der Waals surface area contributed by atoms with Gasteiger partial charge in [0.05, 0.1) is 8.66 Å². The van der Waals surface area contributed by atoms with Crippen molar-refractivity contribution in [1.29, 1.82) is 0 Å². The molecule has 94 valence electrons. The van der Waals surface area contributed by atoms with Crippen molar-refractivity contribution in [2.24, 2.45) is 0 Å². The molecule has 0 atom stereocenters. The molecule has 0 N–H and O–H groups in total. The van der Waals surface area contributed by atoms with Crippen LogP contribution in [0.4, 0.5) is 0 Å². The normalized spacial score (nSPS) is 14.6. The monoisotopic (exact) mass is 340 g/mol. The lowest BCUT2D eigenvalue weighted by Crippen LogP contribution is -1.98. The number of fused-ring (bicyclic) bond motifs is 1. The number of carbonyl (C=O) groups excluding carboxylic acids is 1. The van der Waals surface area contributed by atoms with E-state index >= 15 is 0 Å². The number of rotatable bonds is 2. The fourth-order valence-electron chi connectivity index (χ4n) is 2.41. The van der Waals surface area contributed by atoms with Crippen LogP contribution < -0.4 is 0 Å². The molecular weight excluding hydrogens is 328 g/mol. The minimum atomic E-state index is 0.189. The summed E-state index contributed by atoms with van der Waals surface area (Å²) in [6.07, 6.45) is 4.83. The Morgan fingerprint density at radius 3 is 2.67 bits per heavy atom. The number of thiophene rings is 2. The SMILES string of the molecule is Cc1sc(Br)cc1C(=O)c1cc2c(s1)CCCC2. The molecule has 0 bridgehead atoms. The molecule has 0 amide bonds. The van der Waals surface area contributed by atoms with E-state index in [2.05, 4.69) is 22.0 Å². The average Bonchev–Trinajstić information content (AvgIpc) is 2.91. The standard InChI is InChI=1S/C14H13BrOS2/c1-8-10(7-13(15)17-8)14(16)12-6-9-4-2-3-5-11(9)18-12/h6-7H,2-5H2,1H3. The molecular formula is C14H13BrOS2. The molecule has 4 heteroatoms. The predicted octanol–water partition coefficient (Wildman–Crippen LogP) is 4.99. The predicted molar refractivity (Wildman–Crippen MR) is 81.1 cm³/mol. The topological polar surface area (TPSA) is 17.1 Å².